The molecule has 0 saturated heterocycles. The Hall–Kier alpha value is -1.22. The smallest absolute Gasteiger partial charge is 0.337 e. The van der Waals surface area contributed by atoms with E-state index in [0.717, 1.165) is 12.2 Å². The minimum atomic E-state index is -0.351. The minimum Gasteiger partial charge on any atom is -0.465 e. The van der Waals surface area contributed by atoms with Crippen LogP contribution in [0.3, 0.4) is 0 Å². The number of hydrogen-bond acceptors (Lipinski definition) is 3. The molecule has 1 aromatic rings. The zero-order valence-electron chi connectivity index (χ0n) is 11.1. The van der Waals surface area contributed by atoms with Crippen molar-refractivity contribution in [2.45, 2.75) is 26.7 Å². The highest BCUT2D eigenvalue weighted by Gasteiger charge is 2.09. The maximum Gasteiger partial charge on any atom is 0.337 e. The molecule has 0 saturated carbocycles. The van der Waals surface area contributed by atoms with Gasteiger partial charge < -0.3 is 10.1 Å². The molecule has 0 aliphatic heterocycles. The van der Waals surface area contributed by atoms with E-state index in [9.17, 15) is 4.79 Å². The Balaban J connectivity index is 2.72. The molecule has 1 rings (SSSR count). The molecule has 0 amide bonds. The first kappa shape index (κ1) is 14.8. The van der Waals surface area contributed by atoms with Crippen LogP contribution in [0.1, 0.15) is 37.0 Å². The molecule has 1 N–H and O–H groups in total. The summed E-state index contributed by atoms with van der Waals surface area (Å²) in [5.74, 6) is 0.226. The Kier molecular flexibility index (Phi) is 5.99. The van der Waals surface area contributed by atoms with Crippen LogP contribution in [0.25, 0.3) is 0 Å². The molecule has 0 aliphatic rings. The van der Waals surface area contributed by atoms with E-state index in [0.29, 0.717) is 16.5 Å². The highest BCUT2D eigenvalue weighted by Crippen LogP contribution is 2.24. The van der Waals surface area contributed by atoms with Gasteiger partial charge in [0, 0.05) is 6.54 Å². The van der Waals surface area contributed by atoms with E-state index in [1.807, 2.05) is 0 Å². The Labute approximate surface area is 113 Å². The van der Waals surface area contributed by atoms with Crippen LogP contribution >= 0.6 is 11.6 Å². The SMILES string of the molecule is CCCC(C)CNc1cc(C(=O)OC)ccc1Cl. The van der Waals surface area contributed by atoms with Gasteiger partial charge in [0.2, 0.25) is 0 Å². The van der Waals surface area contributed by atoms with Gasteiger partial charge in [0.25, 0.3) is 0 Å². The highest BCUT2D eigenvalue weighted by atomic mass is 35.5. The van der Waals surface area contributed by atoms with Crippen molar-refractivity contribution >= 4 is 23.3 Å². The molecular formula is C14H20ClNO2. The number of carbonyl (C=O) groups excluding carboxylic acids is 1. The number of benzene rings is 1. The number of esters is 1. The van der Waals surface area contributed by atoms with Gasteiger partial charge in [-0.1, -0.05) is 31.9 Å². The number of carbonyl (C=O) groups is 1. The molecular weight excluding hydrogens is 250 g/mol. The van der Waals surface area contributed by atoms with Crippen molar-refractivity contribution in [1.82, 2.24) is 0 Å². The van der Waals surface area contributed by atoms with Gasteiger partial charge >= 0.3 is 5.97 Å². The second-order valence-corrected chi connectivity index (χ2v) is 4.87. The first-order chi connectivity index (χ1) is 8.58. The highest BCUT2D eigenvalue weighted by molar-refractivity contribution is 6.33. The molecule has 0 fully saturated rings. The third-order valence-corrected chi connectivity index (χ3v) is 3.14. The summed E-state index contributed by atoms with van der Waals surface area (Å²) < 4.78 is 4.69. The van der Waals surface area contributed by atoms with Crippen molar-refractivity contribution in [3.63, 3.8) is 0 Å². The number of ether oxygens (including phenoxy) is 1. The zero-order chi connectivity index (χ0) is 13.5. The standard InChI is InChI=1S/C14H20ClNO2/c1-4-5-10(2)9-16-13-8-11(14(17)18-3)6-7-12(13)15/h6-8,10,16H,4-5,9H2,1-3H3. The second-order valence-electron chi connectivity index (χ2n) is 4.46. The van der Waals surface area contributed by atoms with E-state index >= 15 is 0 Å². The minimum absolute atomic E-state index is 0.351. The van der Waals surface area contributed by atoms with Crippen molar-refractivity contribution in [2.75, 3.05) is 19.0 Å². The van der Waals surface area contributed by atoms with Gasteiger partial charge in [-0.2, -0.15) is 0 Å². The molecule has 18 heavy (non-hydrogen) atoms. The maximum atomic E-state index is 11.4. The van der Waals surface area contributed by atoms with Crippen molar-refractivity contribution in [3.05, 3.63) is 28.8 Å². The van der Waals surface area contributed by atoms with Crippen LogP contribution in [0.15, 0.2) is 18.2 Å². The second kappa shape index (κ2) is 7.27. The van der Waals surface area contributed by atoms with E-state index in [2.05, 4.69) is 23.9 Å². The lowest BCUT2D eigenvalue weighted by molar-refractivity contribution is 0.0601. The van der Waals surface area contributed by atoms with Crippen LogP contribution in [-0.4, -0.2) is 19.6 Å². The van der Waals surface area contributed by atoms with Gasteiger partial charge in [-0.15, -0.1) is 0 Å². The van der Waals surface area contributed by atoms with Crippen LogP contribution < -0.4 is 5.32 Å². The molecule has 0 aliphatic carbocycles. The number of halogens is 1. The predicted octanol–water partition coefficient (Wildman–Crippen LogP) is 3.97. The fourth-order valence-corrected chi connectivity index (χ4v) is 1.97. The molecule has 0 radical (unpaired) electrons. The van der Waals surface area contributed by atoms with Gasteiger partial charge in [-0.25, -0.2) is 4.79 Å². The van der Waals surface area contributed by atoms with Crippen LogP contribution in [0.4, 0.5) is 5.69 Å². The third kappa shape index (κ3) is 4.22. The Bertz CT molecular complexity index is 407. The Morgan fingerprint density at radius 1 is 1.50 bits per heavy atom. The average molecular weight is 270 g/mol. The summed E-state index contributed by atoms with van der Waals surface area (Å²) in [5.41, 5.74) is 1.29. The van der Waals surface area contributed by atoms with Crippen molar-refractivity contribution in [2.24, 2.45) is 5.92 Å². The number of methoxy groups -OCH3 is 1. The monoisotopic (exact) mass is 269 g/mol. The number of anilines is 1. The lowest BCUT2D eigenvalue weighted by atomic mass is 10.1. The summed E-state index contributed by atoms with van der Waals surface area (Å²) in [6.45, 7) is 5.20. The quantitative estimate of drug-likeness (QED) is 0.794. The number of nitrogens with one attached hydrogen (secondary N) is 1. The largest absolute Gasteiger partial charge is 0.465 e. The summed E-state index contributed by atoms with van der Waals surface area (Å²) in [4.78, 5) is 11.4. The van der Waals surface area contributed by atoms with E-state index < -0.39 is 0 Å². The molecule has 1 atom stereocenters. The molecule has 0 spiro atoms. The lowest BCUT2D eigenvalue weighted by Gasteiger charge is -2.14. The number of hydrogen-bond donors (Lipinski definition) is 1. The maximum absolute atomic E-state index is 11.4. The Morgan fingerprint density at radius 2 is 2.22 bits per heavy atom. The average Bonchev–Trinajstić information content (AvgIpc) is 2.37. The van der Waals surface area contributed by atoms with E-state index in [-0.39, 0.29) is 5.97 Å². The van der Waals surface area contributed by atoms with Crippen LogP contribution in [0.2, 0.25) is 5.02 Å². The van der Waals surface area contributed by atoms with Crippen molar-refractivity contribution < 1.29 is 9.53 Å². The molecule has 0 aromatic heterocycles. The summed E-state index contributed by atoms with van der Waals surface area (Å²) >= 11 is 6.09. The molecule has 1 unspecified atom stereocenters. The van der Waals surface area contributed by atoms with Gasteiger partial charge in [0.05, 0.1) is 23.4 Å². The summed E-state index contributed by atoms with van der Waals surface area (Å²) in [7, 11) is 1.37. The first-order valence-corrected chi connectivity index (χ1v) is 6.58. The van der Waals surface area contributed by atoms with Gasteiger partial charge in [-0.05, 0) is 30.5 Å². The first-order valence-electron chi connectivity index (χ1n) is 6.20. The molecule has 3 nitrogen and oxygen atoms in total. The van der Waals surface area contributed by atoms with Gasteiger partial charge in [0.15, 0.2) is 0 Å². The summed E-state index contributed by atoms with van der Waals surface area (Å²) in [5, 5.41) is 3.89. The fourth-order valence-electron chi connectivity index (χ4n) is 1.78. The molecule has 0 heterocycles. The molecule has 1 aromatic carbocycles. The number of rotatable bonds is 6. The fraction of sp³-hybridized carbons (Fsp3) is 0.500. The van der Waals surface area contributed by atoms with E-state index in [1.165, 1.54) is 20.0 Å². The van der Waals surface area contributed by atoms with E-state index in [1.54, 1.807) is 18.2 Å². The van der Waals surface area contributed by atoms with E-state index in [4.69, 9.17) is 11.6 Å². The van der Waals surface area contributed by atoms with Crippen molar-refractivity contribution in [1.29, 1.82) is 0 Å². The predicted molar refractivity (Wildman–Crippen MR) is 75.4 cm³/mol. The van der Waals surface area contributed by atoms with Gasteiger partial charge in [-0.3, -0.25) is 0 Å². The summed E-state index contributed by atoms with van der Waals surface area (Å²) in [6, 6.07) is 5.10. The van der Waals surface area contributed by atoms with Gasteiger partial charge in [0.1, 0.15) is 0 Å². The topological polar surface area (TPSA) is 38.3 Å². The Morgan fingerprint density at radius 3 is 2.83 bits per heavy atom. The molecule has 100 valence electrons. The van der Waals surface area contributed by atoms with Crippen LogP contribution in [0, 0.1) is 5.92 Å². The molecule has 4 heteroatoms. The summed E-state index contributed by atoms with van der Waals surface area (Å²) in [6.07, 6.45) is 2.33. The van der Waals surface area contributed by atoms with Crippen LogP contribution in [-0.2, 0) is 4.74 Å². The normalized spacial score (nSPS) is 12.0. The third-order valence-electron chi connectivity index (χ3n) is 2.81. The lowest BCUT2D eigenvalue weighted by Crippen LogP contribution is -2.12. The van der Waals surface area contributed by atoms with Crippen molar-refractivity contribution in [3.8, 4) is 0 Å². The molecule has 0 bridgehead atoms. The zero-order valence-corrected chi connectivity index (χ0v) is 11.9. The van der Waals surface area contributed by atoms with Crippen LogP contribution in [0.5, 0.6) is 0 Å².